The van der Waals surface area contributed by atoms with E-state index < -0.39 is 15.4 Å². The van der Waals surface area contributed by atoms with Gasteiger partial charge in [0, 0.05) is 0 Å². The van der Waals surface area contributed by atoms with Gasteiger partial charge in [0.15, 0.2) is 0 Å². The molecule has 0 unspecified atom stereocenters. The first-order chi connectivity index (χ1) is 7.88. The largest absolute Gasteiger partial charge is 0.301 e. The van der Waals surface area contributed by atoms with E-state index in [4.69, 9.17) is 0 Å². The number of hydrogen-bond donors (Lipinski definition) is 2. The zero-order valence-corrected chi connectivity index (χ0v) is 9.60. The summed E-state index contributed by atoms with van der Waals surface area (Å²) in [5.74, 6) is -0.537. The number of benzene rings is 2. The Morgan fingerprint density at radius 2 is 1.29 bits per heavy atom. The second kappa shape index (κ2) is 3.73. The SMILES string of the molecule is O=S(O)(O)(c1ccccc1)c1ccc(F)cc1. The Balaban J connectivity index is 2.62. The predicted octanol–water partition coefficient (Wildman–Crippen LogP) is 3.01. The van der Waals surface area contributed by atoms with Crippen molar-refractivity contribution in [3.63, 3.8) is 0 Å². The van der Waals surface area contributed by atoms with Gasteiger partial charge in [-0.2, -0.15) is 0 Å². The molecule has 0 radical (unpaired) electrons. The Hall–Kier alpha value is -1.56. The van der Waals surface area contributed by atoms with Crippen LogP contribution in [0.15, 0.2) is 64.4 Å². The first-order valence-electron chi connectivity index (χ1n) is 4.86. The fourth-order valence-electron chi connectivity index (χ4n) is 1.48. The maximum absolute atomic E-state index is 12.7. The highest BCUT2D eigenvalue weighted by Crippen LogP contribution is 2.36. The molecule has 0 amide bonds. The molecule has 2 N–H and O–H groups in total. The molecule has 0 bridgehead atoms. The summed E-state index contributed by atoms with van der Waals surface area (Å²) < 4.78 is 45.0. The number of halogens is 1. The van der Waals surface area contributed by atoms with Gasteiger partial charge in [-0.3, -0.25) is 0 Å². The first kappa shape index (κ1) is 11.9. The van der Waals surface area contributed by atoms with Crippen molar-refractivity contribution in [1.29, 1.82) is 0 Å². The van der Waals surface area contributed by atoms with E-state index in [0.717, 1.165) is 24.3 Å². The molecule has 0 aliphatic carbocycles. The van der Waals surface area contributed by atoms with Crippen LogP contribution < -0.4 is 0 Å². The highest BCUT2D eigenvalue weighted by atomic mass is 32.3. The summed E-state index contributed by atoms with van der Waals surface area (Å²) in [7, 11) is -5.10. The normalized spacial score (nSPS) is 13.9. The zero-order chi connectivity index (χ0) is 12.5. The monoisotopic (exact) mass is 254 g/mol. The lowest BCUT2D eigenvalue weighted by Gasteiger charge is -2.31. The minimum absolute atomic E-state index is 0.115. The molecule has 2 aromatic rings. The highest BCUT2D eigenvalue weighted by Gasteiger charge is 2.34. The lowest BCUT2D eigenvalue weighted by atomic mass is 10.3. The van der Waals surface area contributed by atoms with Crippen LogP contribution in [-0.4, -0.2) is 13.3 Å². The molecule has 0 heterocycles. The third kappa shape index (κ3) is 2.12. The van der Waals surface area contributed by atoms with E-state index in [1.807, 2.05) is 0 Å². The van der Waals surface area contributed by atoms with Crippen molar-refractivity contribution in [3.05, 3.63) is 60.4 Å². The van der Waals surface area contributed by atoms with E-state index in [-0.39, 0.29) is 9.79 Å². The summed E-state index contributed by atoms with van der Waals surface area (Å²) in [5.41, 5.74) is 0. The van der Waals surface area contributed by atoms with Gasteiger partial charge in [0.05, 0.1) is 9.79 Å². The molecule has 17 heavy (non-hydrogen) atoms. The molecule has 90 valence electrons. The van der Waals surface area contributed by atoms with Crippen LogP contribution in [0, 0.1) is 5.82 Å². The number of rotatable bonds is 2. The van der Waals surface area contributed by atoms with Gasteiger partial charge in [-0.15, -0.1) is 0 Å². The molecular formula is C12H11FO3S. The van der Waals surface area contributed by atoms with Crippen molar-refractivity contribution in [3.8, 4) is 0 Å². The molecule has 2 aromatic carbocycles. The molecule has 0 aliphatic heterocycles. The van der Waals surface area contributed by atoms with Crippen LogP contribution >= 0.6 is 0 Å². The van der Waals surface area contributed by atoms with Crippen LogP contribution in [0.1, 0.15) is 0 Å². The van der Waals surface area contributed by atoms with Gasteiger partial charge in [-0.25, -0.2) is 8.60 Å². The summed E-state index contributed by atoms with van der Waals surface area (Å²) in [4.78, 5) is -0.342. The topological polar surface area (TPSA) is 57.5 Å². The van der Waals surface area contributed by atoms with Crippen LogP contribution in [0.25, 0.3) is 0 Å². The van der Waals surface area contributed by atoms with Gasteiger partial charge in [-0.05, 0) is 36.4 Å². The van der Waals surface area contributed by atoms with E-state index >= 15 is 0 Å². The molecule has 3 nitrogen and oxygen atoms in total. The van der Waals surface area contributed by atoms with Crippen molar-refractivity contribution in [2.24, 2.45) is 0 Å². The third-order valence-corrected chi connectivity index (χ3v) is 4.65. The summed E-state index contributed by atoms with van der Waals surface area (Å²) in [6.45, 7) is 0. The Morgan fingerprint density at radius 1 is 0.824 bits per heavy atom. The maximum atomic E-state index is 12.7. The summed E-state index contributed by atoms with van der Waals surface area (Å²) in [6, 6.07) is 11.7. The van der Waals surface area contributed by atoms with Gasteiger partial charge in [0.25, 0.3) is 0 Å². The molecule has 0 aliphatic rings. The van der Waals surface area contributed by atoms with Crippen molar-refractivity contribution < 1.29 is 17.7 Å². The van der Waals surface area contributed by atoms with E-state index in [1.165, 1.54) is 12.1 Å². The maximum Gasteiger partial charge on any atom is 0.135 e. The fraction of sp³-hybridized carbons (Fsp3) is 0. The van der Waals surface area contributed by atoms with Crippen molar-refractivity contribution in [2.45, 2.75) is 9.79 Å². The van der Waals surface area contributed by atoms with Gasteiger partial charge < -0.3 is 9.11 Å². The van der Waals surface area contributed by atoms with Crippen molar-refractivity contribution >= 4 is 9.63 Å². The Bertz CT molecular complexity index is 587. The molecule has 0 atom stereocenters. The van der Waals surface area contributed by atoms with Gasteiger partial charge in [-0.1, -0.05) is 18.2 Å². The second-order valence-electron chi connectivity index (χ2n) is 3.63. The standard InChI is InChI=1S/C12H11FO3S/c13-10-6-8-12(9-7-10)17(14,15,16)11-4-2-1-3-5-11/h1-9H,(H2,14,15,16). The Labute approximate surface area is 98.0 Å². The zero-order valence-electron chi connectivity index (χ0n) is 8.79. The molecule has 0 aromatic heterocycles. The van der Waals surface area contributed by atoms with Gasteiger partial charge >= 0.3 is 0 Å². The van der Waals surface area contributed by atoms with E-state index in [2.05, 4.69) is 0 Å². The van der Waals surface area contributed by atoms with Crippen LogP contribution in [0.5, 0.6) is 0 Å². The lowest BCUT2D eigenvalue weighted by molar-refractivity contribution is 0.389. The molecule has 5 heteroatoms. The minimum atomic E-state index is -5.10. The van der Waals surface area contributed by atoms with Crippen LogP contribution in [-0.2, 0) is 9.63 Å². The van der Waals surface area contributed by atoms with E-state index in [0.29, 0.717) is 0 Å². The van der Waals surface area contributed by atoms with Gasteiger partial charge in [0.2, 0.25) is 0 Å². The molecule has 0 fully saturated rings. The quantitative estimate of drug-likeness (QED) is 0.866. The summed E-state index contributed by atoms with van der Waals surface area (Å²) in [5, 5.41) is 0. The van der Waals surface area contributed by atoms with Gasteiger partial charge in [0.1, 0.15) is 15.4 Å². The highest BCUT2D eigenvalue weighted by molar-refractivity contribution is 8.10. The minimum Gasteiger partial charge on any atom is -0.301 e. The lowest BCUT2D eigenvalue weighted by Crippen LogP contribution is -2.31. The average Bonchev–Trinajstić information content (AvgIpc) is 2.30. The fourth-order valence-corrected chi connectivity index (χ4v) is 3.03. The van der Waals surface area contributed by atoms with E-state index in [9.17, 15) is 17.7 Å². The molecule has 0 saturated carbocycles. The molecule has 0 saturated heterocycles. The predicted molar refractivity (Wildman–Crippen MR) is 62.8 cm³/mol. The van der Waals surface area contributed by atoms with Crippen LogP contribution in [0.4, 0.5) is 4.39 Å². The molecular weight excluding hydrogens is 243 g/mol. The Morgan fingerprint density at radius 3 is 1.82 bits per heavy atom. The smallest absolute Gasteiger partial charge is 0.135 e. The average molecular weight is 254 g/mol. The summed E-state index contributed by atoms with van der Waals surface area (Å²) >= 11 is 0. The third-order valence-electron chi connectivity index (χ3n) is 2.41. The number of hydrogen-bond acceptors (Lipinski definition) is 1. The van der Waals surface area contributed by atoms with Crippen molar-refractivity contribution in [1.82, 2.24) is 0 Å². The second-order valence-corrected chi connectivity index (χ2v) is 6.30. The molecule has 0 spiro atoms. The van der Waals surface area contributed by atoms with Crippen LogP contribution in [0.2, 0.25) is 0 Å². The van der Waals surface area contributed by atoms with Crippen LogP contribution in [0.3, 0.4) is 0 Å². The molecule has 2 rings (SSSR count). The summed E-state index contributed by atoms with van der Waals surface area (Å²) in [6.07, 6.45) is 0. The van der Waals surface area contributed by atoms with Crippen molar-refractivity contribution in [2.75, 3.05) is 0 Å². The first-order valence-corrected chi connectivity index (χ1v) is 6.74. The van der Waals surface area contributed by atoms with E-state index in [1.54, 1.807) is 18.2 Å². The Kier molecular flexibility index (Phi) is 2.61.